The third-order valence-electron chi connectivity index (χ3n) is 2.68. The maximum Gasteiger partial charge on any atom is 0.250 e. The van der Waals surface area contributed by atoms with Gasteiger partial charge in [-0.05, 0) is 51.9 Å². The van der Waals surface area contributed by atoms with E-state index in [1.54, 1.807) is 23.9 Å². The number of hydrogen-bond donors (Lipinski definition) is 2. The number of rotatable bonds is 6. The van der Waals surface area contributed by atoms with Gasteiger partial charge in [0.15, 0.2) is 0 Å². The Balaban J connectivity index is 2.18. The van der Waals surface area contributed by atoms with Crippen LogP contribution in [0.3, 0.4) is 0 Å². The van der Waals surface area contributed by atoms with E-state index in [1.165, 1.54) is 0 Å². The Hall–Kier alpha value is -1.13. The quantitative estimate of drug-likeness (QED) is 0.748. The molecule has 0 aliphatic rings. The average Bonchev–Trinajstić information content (AvgIpc) is 2.26. The van der Waals surface area contributed by atoms with Crippen molar-refractivity contribution in [1.29, 1.82) is 0 Å². The van der Waals surface area contributed by atoms with Crippen molar-refractivity contribution >= 4 is 0 Å². The van der Waals surface area contributed by atoms with E-state index in [9.17, 15) is 4.79 Å². The molecule has 2 N–H and O–H groups in total. The normalized spacial score (nSPS) is 11.8. The fraction of sp³-hybridized carbons (Fsp3) is 0.643. The number of nitrogens with one attached hydrogen (secondary N) is 2. The van der Waals surface area contributed by atoms with E-state index in [4.69, 9.17) is 0 Å². The fourth-order valence-electron chi connectivity index (χ4n) is 1.61. The standard InChI is InChI=1S/C14H25N3O/c1-14(2,3)16-8-5-7-15-11-12-6-9-17(4)13(18)10-12/h6,9-10,15-16H,5,7-8,11H2,1-4H3. The van der Waals surface area contributed by atoms with Crippen LogP contribution in [0.2, 0.25) is 0 Å². The molecule has 0 unspecified atom stereocenters. The molecule has 0 fully saturated rings. The molecular formula is C14H25N3O. The molecule has 1 aromatic heterocycles. The first kappa shape index (κ1) is 14.9. The SMILES string of the molecule is Cn1ccc(CNCCCNC(C)(C)C)cc1=O. The highest BCUT2D eigenvalue weighted by Gasteiger charge is 2.06. The summed E-state index contributed by atoms with van der Waals surface area (Å²) in [4.78, 5) is 11.4. The average molecular weight is 251 g/mol. The van der Waals surface area contributed by atoms with Gasteiger partial charge in [-0.1, -0.05) is 0 Å². The number of aromatic nitrogens is 1. The number of pyridine rings is 1. The fourth-order valence-corrected chi connectivity index (χ4v) is 1.61. The second kappa shape index (κ2) is 6.71. The van der Waals surface area contributed by atoms with Crippen LogP contribution in [0.1, 0.15) is 32.8 Å². The minimum absolute atomic E-state index is 0.0451. The summed E-state index contributed by atoms with van der Waals surface area (Å²) in [5, 5.41) is 6.79. The maximum atomic E-state index is 11.4. The second-order valence-electron chi connectivity index (χ2n) is 5.69. The van der Waals surface area contributed by atoms with Gasteiger partial charge in [-0.3, -0.25) is 4.79 Å². The molecule has 0 saturated heterocycles. The smallest absolute Gasteiger partial charge is 0.250 e. The molecule has 0 bridgehead atoms. The zero-order valence-electron chi connectivity index (χ0n) is 11.9. The van der Waals surface area contributed by atoms with Gasteiger partial charge in [-0.2, -0.15) is 0 Å². The van der Waals surface area contributed by atoms with Crippen LogP contribution in [0.15, 0.2) is 23.1 Å². The van der Waals surface area contributed by atoms with Gasteiger partial charge in [0.25, 0.3) is 5.56 Å². The van der Waals surface area contributed by atoms with Crippen molar-refractivity contribution in [2.24, 2.45) is 7.05 Å². The number of hydrogen-bond acceptors (Lipinski definition) is 3. The van der Waals surface area contributed by atoms with E-state index in [2.05, 4.69) is 31.4 Å². The van der Waals surface area contributed by atoms with Crippen molar-refractivity contribution in [2.45, 2.75) is 39.3 Å². The first-order chi connectivity index (χ1) is 8.38. The van der Waals surface area contributed by atoms with Crippen LogP contribution in [0.4, 0.5) is 0 Å². The Morgan fingerprint density at radius 3 is 2.61 bits per heavy atom. The zero-order chi connectivity index (χ0) is 13.6. The van der Waals surface area contributed by atoms with E-state index < -0.39 is 0 Å². The molecule has 4 nitrogen and oxygen atoms in total. The highest BCUT2D eigenvalue weighted by molar-refractivity contribution is 5.10. The summed E-state index contributed by atoms with van der Waals surface area (Å²) in [6.07, 6.45) is 2.89. The van der Waals surface area contributed by atoms with Gasteiger partial charge < -0.3 is 15.2 Å². The van der Waals surface area contributed by atoms with Crippen LogP contribution in [0.5, 0.6) is 0 Å². The molecular weight excluding hydrogens is 226 g/mol. The molecule has 18 heavy (non-hydrogen) atoms. The van der Waals surface area contributed by atoms with E-state index in [-0.39, 0.29) is 11.1 Å². The van der Waals surface area contributed by atoms with Crippen LogP contribution >= 0.6 is 0 Å². The lowest BCUT2D eigenvalue weighted by atomic mass is 10.1. The first-order valence-electron chi connectivity index (χ1n) is 6.50. The molecule has 1 heterocycles. The topological polar surface area (TPSA) is 46.1 Å². The molecule has 0 aliphatic carbocycles. The maximum absolute atomic E-state index is 11.4. The van der Waals surface area contributed by atoms with Crippen LogP contribution in [0, 0.1) is 0 Å². The van der Waals surface area contributed by atoms with Crippen molar-refractivity contribution in [1.82, 2.24) is 15.2 Å². The first-order valence-corrected chi connectivity index (χ1v) is 6.50. The Morgan fingerprint density at radius 2 is 2.00 bits per heavy atom. The minimum atomic E-state index is 0.0451. The monoisotopic (exact) mass is 251 g/mol. The Kier molecular flexibility index (Phi) is 5.56. The molecule has 0 aliphatic heterocycles. The third-order valence-corrected chi connectivity index (χ3v) is 2.68. The summed E-state index contributed by atoms with van der Waals surface area (Å²) < 4.78 is 1.58. The summed E-state index contributed by atoms with van der Waals surface area (Å²) in [7, 11) is 1.76. The molecule has 0 aromatic carbocycles. The Bertz CT molecular complexity index is 418. The van der Waals surface area contributed by atoms with E-state index >= 15 is 0 Å². The molecule has 0 saturated carbocycles. The molecule has 1 aromatic rings. The molecule has 0 spiro atoms. The van der Waals surface area contributed by atoms with Crippen molar-refractivity contribution in [3.8, 4) is 0 Å². The lowest BCUT2D eigenvalue weighted by Gasteiger charge is -2.20. The van der Waals surface area contributed by atoms with Gasteiger partial charge >= 0.3 is 0 Å². The summed E-state index contributed by atoms with van der Waals surface area (Å²) in [6.45, 7) is 9.22. The highest BCUT2D eigenvalue weighted by Crippen LogP contribution is 1.98. The number of nitrogens with zero attached hydrogens (tertiary/aromatic N) is 1. The second-order valence-corrected chi connectivity index (χ2v) is 5.69. The van der Waals surface area contributed by atoms with Gasteiger partial charge in [-0.25, -0.2) is 0 Å². The van der Waals surface area contributed by atoms with Crippen molar-refractivity contribution < 1.29 is 0 Å². The molecule has 4 heteroatoms. The lowest BCUT2D eigenvalue weighted by Crippen LogP contribution is -2.37. The third kappa shape index (κ3) is 5.98. The predicted octanol–water partition coefficient (Wildman–Crippen LogP) is 1.25. The van der Waals surface area contributed by atoms with Gasteiger partial charge in [0.05, 0.1) is 0 Å². The van der Waals surface area contributed by atoms with Gasteiger partial charge in [-0.15, -0.1) is 0 Å². The van der Waals surface area contributed by atoms with Crippen LogP contribution < -0.4 is 16.2 Å². The largest absolute Gasteiger partial charge is 0.319 e. The van der Waals surface area contributed by atoms with Crippen LogP contribution in [-0.4, -0.2) is 23.2 Å². The summed E-state index contributed by atoms with van der Waals surface area (Å²) >= 11 is 0. The molecule has 0 atom stereocenters. The Morgan fingerprint density at radius 1 is 1.28 bits per heavy atom. The van der Waals surface area contributed by atoms with Crippen LogP contribution in [-0.2, 0) is 13.6 Å². The Labute approximate surface area is 109 Å². The summed E-state index contributed by atoms with van der Waals surface area (Å²) in [6, 6.07) is 3.65. The number of aryl methyl sites for hydroxylation is 1. The van der Waals surface area contributed by atoms with Crippen molar-refractivity contribution in [3.05, 3.63) is 34.2 Å². The summed E-state index contributed by atoms with van der Waals surface area (Å²) in [5.74, 6) is 0. The zero-order valence-corrected chi connectivity index (χ0v) is 11.9. The van der Waals surface area contributed by atoms with Crippen LogP contribution in [0.25, 0.3) is 0 Å². The minimum Gasteiger partial charge on any atom is -0.319 e. The van der Waals surface area contributed by atoms with Crippen molar-refractivity contribution in [2.75, 3.05) is 13.1 Å². The lowest BCUT2D eigenvalue weighted by molar-refractivity contribution is 0.418. The molecule has 1 rings (SSSR count). The van der Waals surface area contributed by atoms with Gasteiger partial charge in [0, 0.05) is 31.4 Å². The predicted molar refractivity (Wildman–Crippen MR) is 75.8 cm³/mol. The highest BCUT2D eigenvalue weighted by atomic mass is 16.1. The van der Waals surface area contributed by atoms with E-state index in [0.717, 1.165) is 31.6 Å². The molecule has 102 valence electrons. The van der Waals surface area contributed by atoms with E-state index in [1.807, 2.05) is 6.07 Å². The molecule has 0 radical (unpaired) electrons. The summed E-state index contributed by atoms with van der Waals surface area (Å²) in [5.41, 5.74) is 1.27. The van der Waals surface area contributed by atoms with E-state index in [0.29, 0.717) is 0 Å². The van der Waals surface area contributed by atoms with Crippen molar-refractivity contribution in [3.63, 3.8) is 0 Å². The van der Waals surface area contributed by atoms with Gasteiger partial charge in [0.2, 0.25) is 0 Å². The molecule has 0 amide bonds. The van der Waals surface area contributed by atoms with Gasteiger partial charge in [0.1, 0.15) is 0 Å².